The van der Waals surface area contributed by atoms with E-state index in [0.29, 0.717) is 0 Å². The van der Waals surface area contributed by atoms with Gasteiger partial charge in [-0.2, -0.15) is 0 Å². The van der Waals surface area contributed by atoms with Gasteiger partial charge in [-0.1, -0.05) is 19.1 Å². The van der Waals surface area contributed by atoms with E-state index in [1.807, 2.05) is 26.2 Å². The molecule has 130 valence electrons. The van der Waals surface area contributed by atoms with Gasteiger partial charge in [-0.15, -0.1) is 0 Å². The fourth-order valence-electron chi connectivity index (χ4n) is 2.84. The first kappa shape index (κ1) is 17.1. The van der Waals surface area contributed by atoms with Crippen molar-refractivity contribution >= 4 is 17.3 Å². The van der Waals surface area contributed by atoms with Gasteiger partial charge in [0.2, 0.25) is 5.91 Å². The van der Waals surface area contributed by atoms with E-state index in [9.17, 15) is 9.18 Å². The molecule has 1 amide bonds. The molecule has 6 heteroatoms. The van der Waals surface area contributed by atoms with Crippen molar-refractivity contribution < 1.29 is 9.18 Å². The zero-order chi connectivity index (χ0) is 18.0. The van der Waals surface area contributed by atoms with E-state index in [1.54, 1.807) is 17.1 Å². The number of amides is 1. The molecule has 0 spiro atoms. The van der Waals surface area contributed by atoms with Gasteiger partial charge < -0.3 is 10.3 Å². The molecule has 1 aliphatic rings. The number of halogens is 1. The molecular weight excluding hydrogens is 319 g/mol. The Morgan fingerprint density at radius 2 is 2.16 bits per heavy atom. The number of benzene rings is 1. The second-order valence-electron chi connectivity index (χ2n) is 6.03. The lowest BCUT2D eigenvalue weighted by molar-refractivity contribution is -0.117. The normalized spacial score (nSPS) is 16.7. The summed E-state index contributed by atoms with van der Waals surface area (Å²) in [4.78, 5) is 16.9. The SMILES string of the molecule is CCc1cc(C)c(C2=CC(C(=O)Nc3ccccc3F)NN2C)cn1. The zero-order valence-corrected chi connectivity index (χ0v) is 14.5. The first-order valence-corrected chi connectivity index (χ1v) is 8.22. The molecule has 25 heavy (non-hydrogen) atoms. The Kier molecular flexibility index (Phi) is 4.81. The van der Waals surface area contributed by atoms with E-state index < -0.39 is 11.9 Å². The number of hydrazine groups is 1. The first-order valence-electron chi connectivity index (χ1n) is 8.22. The maximum atomic E-state index is 13.7. The lowest BCUT2D eigenvalue weighted by Gasteiger charge is -2.19. The average Bonchev–Trinajstić information content (AvgIpc) is 2.98. The first-order chi connectivity index (χ1) is 12.0. The van der Waals surface area contributed by atoms with E-state index in [1.165, 1.54) is 12.1 Å². The average molecular weight is 340 g/mol. The summed E-state index contributed by atoms with van der Waals surface area (Å²) >= 11 is 0. The summed E-state index contributed by atoms with van der Waals surface area (Å²) in [5.41, 5.74) is 7.22. The molecular formula is C19H21FN4O. The molecule has 0 saturated carbocycles. The number of para-hydroxylation sites is 1. The fourth-order valence-corrected chi connectivity index (χ4v) is 2.84. The third-order valence-corrected chi connectivity index (χ3v) is 4.24. The van der Waals surface area contributed by atoms with Crippen molar-refractivity contribution in [3.8, 4) is 0 Å². The number of carbonyl (C=O) groups excluding carboxylic acids is 1. The highest BCUT2D eigenvalue weighted by Gasteiger charge is 2.27. The van der Waals surface area contributed by atoms with Crippen LogP contribution in [0.1, 0.15) is 23.7 Å². The second-order valence-corrected chi connectivity index (χ2v) is 6.03. The quantitative estimate of drug-likeness (QED) is 0.899. The molecule has 1 unspecified atom stereocenters. The largest absolute Gasteiger partial charge is 0.322 e. The predicted octanol–water partition coefficient (Wildman–Crippen LogP) is 2.89. The van der Waals surface area contributed by atoms with Crippen molar-refractivity contribution in [2.45, 2.75) is 26.3 Å². The lowest BCUT2D eigenvalue weighted by Crippen LogP contribution is -2.41. The molecule has 1 aliphatic heterocycles. The molecule has 5 nitrogen and oxygen atoms in total. The standard InChI is InChI=1S/C19H21FN4O/c1-4-13-9-12(2)14(11-21-13)18-10-17(23-24(18)3)19(25)22-16-8-6-5-7-15(16)20/h5-11,17,23H,4H2,1-3H3,(H,22,25). The van der Waals surface area contributed by atoms with Gasteiger partial charge in [0.15, 0.2) is 0 Å². The van der Waals surface area contributed by atoms with Crippen molar-refractivity contribution in [3.05, 3.63) is 65.2 Å². The van der Waals surface area contributed by atoms with Gasteiger partial charge in [0, 0.05) is 24.5 Å². The zero-order valence-electron chi connectivity index (χ0n) is 14.5. The van der Waals surface area contributed by atoms with Crippen molar-refractivity contribution in [1.29, 1.82) is 0 Å². The minimum Gasteiger partial charge on any atom is -0.322 e. The Morgan fingerprint density at radius 1 is 1.40 bits per heavy atom. The summed E-state index contributed by atoms with van der Waals surface area (Å²) in [6.45, 7) is 4.09. The highest BCUT2D eigenvalue weighted by Crippen LogP contribution is 2.25. The maximum absolute atomic E-state index is 13.7. The molecule has 0 saturated heterocycles. The number of nitrogens with zero attached hydrogens (tertiary/aromatic N) is 2. The van der Waals surface area contributed by atoms with Gasteiger partial charge in [0.05, 0.1) is 11.4 Å². The van der Waals surface area contributed by atoms with Gasteiger partial charge in [-0.25, -0.2) is 9.82 Å². The molecule has 0 aliphatic carbocycles. The van der Waals surface area contributed by atoms with Crippen LogP contribution in [0.25, 0.3) is 5.70 Å². The van der Waals surface area contributed by atoms with Crippen LogP contribution in [0.4, 0.5) is 10.1 Å². The van der Waals surface area contributed by atoms with E-state index in [-0.39, 0.29) is 11.6 Å². The van der Waals surface area contributed by atoms with Crippen LogP contribution in [0.5, 0.6) is 0 Å². The fraction of sp³-hybridized carbons (Fsp3) is 0.263. The molecule has 2 heterocycles. The number of anilines is 1. The van der Waals surface area contributed by atoms with Crippen molar-refractivity contribution in [2.75, 3.05) is 12.4 Å². The summed E-state index contributed by atoms with van der Waals surface area (Å²) in [6.07, 6.45) is 4.53. The van der Waals surface area contributed by atoms with Gasteiger partial charge in [-0.3, -0.25) is 9.78 Å². The van der Waals surface area contributed by atoms with E-state index in [0.717, 1.165) is 28.9 Å². The minimum atomic E-state index is -0.579. The van der Waals surface area contributed by atoms with Crippen molar-refractivity contribution in [3.63, 3.8) is 0 Å². The number of aromatic nitrogens is 1. The number of carbonyl (C=O) groups is 1. The van der Waals surface area contributed by atoms with Gasteiger partial charge in [0.1, 0.15) is 11.9 Å². The van der Waals surface area contributed by atoms with Gasteiger partial charge >= 0.3 is 0 Å². The molecule has 2 aromatic rings. The number of aryl methyl sites for hydroxylation is 2. The Hall–Kier alpha value is -2.73. The van der Waals surface area contributed by atoms with Crippen LogP contribution in [-0.4, -0.2) is 29.0 Å². The van der Waals surface area contributed by atoms with E-state index in [2.05, 4.69) is 28.7 Å². The Morgan fingerprint density at radius 3 is 2.84 bits per heavy atom. The highest BCUT2D eigenvalue weighted by atomic mass is 19.1. The molecule has 3 rings (SSSR count). The number of hydrogen-bond acceptors (Lipinski definition) is 4. The van der Waals surface area contributed by atoms with Crippen LogP contribution in [0, 0.1) is 12.7 Å². The molecule has 0 bridgehead atoms. The summed E-state index contributed by atoms with van der Waals surface area (Å²) in [6, 6.07) is 7.59. The molecule has 2 N–H and O–H groups in total. The van der Waals surface area contributed by atoms with Crippen LogP contribution < -0.4 is 10.7 Å². The maximum Gasteiger partial charge on any atom is 0.247 e. The summed E-state index contributed by atoms with van der Waals surface area (Å²) < 4.78 is 13.7. The Labute approximate surface area is 146 Å². The number of pyridine rings is 1. The molecule has 0 radical (unpaired) electrons. The van der Waals surface area contributed by atoms with Crippen LogP contribution in [0.2, 0.25) is 0 Å². The van der Waals surface area contributed by atoms with Crippen LogP contribution >= 0.6 is 0 Å². The van der Waals surface area contributed by atoms with Crippen molar-refractivity contribution in [1.82, 2.24) is 15.4 Å². The summed E-state index contributed by atoms with van der Waals surface area (Å²) in [5, 5.41) is 4.41. The Balaban J connectivity index is 1.81. The molecule has 1 atom stereocenters. The summed E-state index contributed by atoms with van der Waals surface area (Å²) in [5.74, 6) is -0.774. The second kappa shape index (κ2) is 7.03. The van der Waals surface area contributed by atoms with Crippen LogP contribution in [0.15, 0.2) is 42.6 Å². The predicted molar refractivity (Wildman–Crippen MR) is 96.0 cm³/mol. The van der Waals surface area contributed by atoms with Gasteiger partial charge in [0.25, 0.3) is 0 Å². The number of hydrogen-bond donors (Lipinski definition) is 2. The van der Waals surface area contributed by atoms with Crippen molar-refractivity contribution in [2.24, 2.45) is 0 Å². The molecule has 1 aromatic carbocycles. The smallest absolute Gasteiger partial charge is 0.247 e. The molecule has 0 fully saturated rings. The topological polar surface area (TPSA) is 57.3 Å². The highest BCUT2D eigenvalue weighted by molar-refractivity contribution is 5.98. The lowest BCUT2D eigenvalue weighted by atomic mass is 10.1. The van der Waals surface area contributed by atoms with Crippen LogP contribution in [0.3, 0.4) is 0 Å². The third kappa shape index (κ3) is 3.53. The van der Waals surface area contributed by atoms with E-state index in [4.69, 9.17) is 0 Å². The third-order valence-electron chi connectivity index (χ3n) is 4.24. The van der Waals surface area contributed by atoms with Gasteiger partial charge in [-0.05, 0) is 43.2 Å². The number of rotatable bonds is 4. The van der Waals surface area contributed by atoms with Crippen LogP contribution in [-0.2, 0) is 11.2 Å². The van der Waals surface area contributed by atoms with E-state index >= 15 is 0 Å². The summed E-state index contributed by atoms with van der Waals surface area (Å²) in [7, 11) is 1.84. The monoisotopic (exact) mass is 340 g/mol. The number of nitrogens with one attached hydrogen (secondary N) is 2. The minimum absolute atomic E-state index is 0.170. The Bertz CT molecular complexity index is 834. The molecule has 1 aromatic heterocycles.